The van der Waals surface area contributed by atoms with Gasteiger partial charge in [0.15, 0.2) is 17.5 Å². The predicted molar refractivity (Wildman–Crippen MR) is 228 cm³/mol. The maximum absolute atomic E-state index is 6.71. The van der Waals surface area contributed by atoms with Crippen LogP contribution in [-0.4, -0.2) is 21.0 Å². The standard InChI is InChI=1S/C51H32N4O2/c1-3-13-31(14-4-1)32-25-27-33(28-26-32)49-52-50(37-19-11-23-42-45(37)36-18-8-10-22-41(36)56-42)54-51(53-49)38-20-12-24-43-47(38)48-44(57-43)30-29-40-46(48)35-17-7-9-21-39(35)55(40)34-15-5-2-6-16-34/h1-30,40,46H. The fourth-order valence-corrected chi connectivity index (χ4v) is 9.03. The van der Waals surface area contributed by atoms with E-state index < -0.39 is 0 Å². The van der Waals surface area contributed by atoms with Crippen molar-refractivity contribution in [1.29, 1.82) is 0 Å². The molecule has 2 atom stereocenters. The number of hydrogen-bond acceptors (Lipinski definition) is 6. The average molecular weight is 733 g/mol. The van der Waals surface area contributed by atoms with Crippen LogP contribution in [0, 0.1) is 0 Å². The average Bonchev–Trinajstić information content (AvgIpc) is 3.96. The Bertz CT molecular complexity index is 3200. The summed E-state index contributed by atoms with van der Waals surface area (Å²) in [7, 11) is 0. The third-order valence-corrected chi connectivity index (χ3v) is 11.5. The van der Waals surface area contributed by atoms with E-state index in [4.69, 9.17) is 23.8 Å². The molecule has 0 amide bonds. The van der Waals surface area contributed by atoms with E-state index in [0.717, 1.165) is 77.7 Å². The first-order valence-electron chi connectivity index (χ1n) is 19.3. The van der Waals surface area contributed by atoms with Gasteiger partial charge in [-0.15, -0.1) is 0 Å². The molecule has 6 nitrogen and oxygen atoms in total. The van der Waals surface area contributed by atoms with E-state index in [1.165, 1.54) is 11.3 Å². The highest BCUT2D eigenvalue weighted by atomic mass is 16.3. The molecule has 0 fully saturated rings. The van der Waals surface area contributed by atoms with E-state index in [0.29, 0.717) is 17.5 Å². The van der Waals surface area contributed by atoms with Gasteiger partial charge in [0.1, 0.15) is 22.5 Å². The SMILES string of the molecule is C1=CC2C(c3ccccc3N2c2ccccc2)c2c1oc1cccc(-c3nc(-c4ccc(-c5ccccc5)cc4)nc(-c4cccc5oc6ccccc6c45)n3)c21. The predicted octanol–water partition coefficient (Wildman–Crippen LogP) is 12.9. The molecule has 6 heteroatoms. The number of fused-ring (bicyclic) bond motifs is 10. The van der Waals surface area contributed by atoms with Gasteiger partial charge in [0.2, 0.25) is 0 Å². The van der Waals surface area contributed by atoms with E-state index in [9.17, 15) is 0 Å². The highest BCUT2D eigenvalue weighted by Crippen LogP contribution is 2.54. The van der Waals surface area contributed by atoms with Crippen LogP contribution < -0.4 is 4.90 Å². The van der Waals surface area contributed by atoms with Gasteiger partial charge in [-0.1, -0.05) is 140 Å². The molecular weight excluding hydrogens is 701 g/mol. The van der Waals surface area contributed by atoms with Crippen LogP contribution in [0.1, 0.15) is 22.8 Å². The second-order valence-corrected chi connectivity index (χ2v) is 14.7. The third kappa shape index (κ3) is 4.94. The second kappa shape index (κ2) is 12.5. The molecule has 0 radical (unpaired) electrons. The van der Waals surface area contributed by atoms with E-state index in [2.05, 4.69) is 144 Å². The van der Waals surface area contributed by atoms with Crippen LogP contribution in [0.4, 0.5) is 11.4 Å². The zero-order chi connectivity index (χ0) is 37.5. The van der Waals surface area contributed by atoms with E-state index in [-0.39, 0.29) is 12.0 Å². The van der Waals surface area contributed by atoms with E-state index in [1.54, 1.807) is 0 Å². The molecule has 3 aromatic heterocycles. The fourth-order valence-electron chi connectivity index (χ4n) is 9.03. The lowest BCUT2D eigenvalue weighted by molar-refractivity contribution is 0.584. The lowest BCUT2D eigenvalue weighted by atomic mass is 9.82. The van der Waals surface area contributed by atoms with Gasteiger partial charge in [-0.2, -0.15) is 0 Å². The van der Waals surface area contributed by atoms with Crippen molar-refractivity contribution in [3.63, 3.8) is 0 Å². The van der Waals surface area contributed by atoms with Crippen molar-refractivity contribution in [3.05, 3.63) is 193 Å². The Morgan fingerprint density at radius 3 is 1.84 bits per heavy atom. The summed E-state index contributed by atoms with van der Waals surface area (Å²) in [6, 6.07) is 58.8. The van der Waals surface area contributed by atoms with Crippen LogP contribution in [0.3, 0.4) is 0 Å². The first-order chi connectivity index (χ1) is 28.3. The number of aromatic nitrogens is 3. The Kier molecular flexibility index (Phi) is 6.95. The molecule has 7 aromatic carbocycles. The maximum Gasteiger partial charge on any atom is 0.164 e. The molecule has 1 aliphatic carbocycles. The number of para-hydroxylation sites is 3. The molecule has 4 heterocycles. The summed E-state index contributed by atoms with van der Waals surface area (Å²) in [6.07, 6.45) is 4.43. The largest absolute Gasteiger partial charge is 0.456 e. The van der Waals surface area contributed by atoms with Gasteiger partial charge in [-0.3, -0.25) is 0 Å². The number of hydrogen-bond donors (Lipinski definition) is 0. The molecule has 268 valence electrons. The van der Waals surface area contributed by atoms with Gasteiger partial charge in [0.25, 0.3) is 0 Å². The number of furan rings is 2. The monoisotopic (exact) mass is 732 g/mol. The van der Waals surface area contributed by atoms with Crippen LogP contribution in [0.2, 0.25) is 0 Å². The highest BCUT2D eigenvalue weighted by molar-refractivity contribution is 6.12. The third-order valence-electron chi connectivity index (χ3n) is 11.5. The first-order valence-corrected chi connectivity index (χ1v) is 19.3. The number of rotatable bonds is 5. The molecule has 0 bridgehead atoms. The van der Waals surface area contributed by atoms with Gasteiger partial charge < -0.3 is 13.7 Å². The molecule has 0 saturated heterocycles. The Balaban J connectivity index is 1.08. The Labute approximate surface area is 328 Å². The Hall–Kier alpha value is -7.57. The normalized spacial score (nSPS) is 15.6. The summed E-state index contributed by atoms with van der Waals surface area (Å²) in [6.45, 7) is 0. The lowest BCUT2D eigenvalue weighted by Gasteiger charge is -2.30. The van der Waals surface area contributed by atoms with Crippen molar-refractivity contribution in [1.82, 2.24) is 15.0 Å². The maximum atomic E-state index is 6.71. The minimum absolute atomic E-state index is 0.0289. The Morgan fingerprint density at radius 2 is 1.05 bits per heavy atom. The topological polar surface area (TPSA) is 68.2 Å². The zero-order valence-corrected chi connectivity index (χ0v) is 30.6. The van der Waals surface area contributed by atoms with Crippen molar-refractivity contribution in [2.75, 3.05) is 4.90 Å². The van der Waals surface area contributed by atoms with Crippen molar-refractivity contribution >= 4 is 50.4 Å². The number of anilines is 2. The molecule has 12 rings (SSSR count). The molecule has 0 saturated carbocycles. The molecule has 10 aromatic rings. The second-order valence-electron chi connectivity index (χ2n) is 14.7. The molecule has 0 N–H and O–H groups in total. The van der Waals surface area contributed by atoms with Crippen LogP contribution in [0.25, 0.3) is 84.3 Å². The fraction of sp³-hybridized carbons (Fsp3) is 0.0392. The van der Waals surface area contributed by atoms with E-state index in [1.807, 2.05) is 42.5 Å². The number of nitrogens with zero attached hydrogens (tertiary/aromatic N) is 4. The van der Waals surface area contributed by atoms with Crippen molar-refractivity contribution in [2.24, 2.45) is 0 Å². The quantitative estimate of drug-likeness (QED) is 0.175. The van der Waals surface area contributed by atoms with Gasteiger partial charge in [0.05, 0.1) is 6.04 Å². The molecule has 0 spiro atoms. The van der Waals surface area contributed by atoms with Gasteiger partial charge in [-0.05, 0) is 59.2 Å². The van der Waals surface area contributed by atoms with Crippen molar-refractivity contribution in [2.45, 2.75) is 12.0 Å². The van der Waals surface area contributed by atoms with Gasteiger partial charge in [-0.25, -0.2) is 15.0 Å². The van der Waals surface area contributed by atoms with Crippen molar-refractivity contribution < 1.29 is 8.83 Å². The Morgan fingerprint density at radius 1 is 0.456 bits per heavy atom. The van der Waals surface area contributed by atoms with Gasteiger partial charge in [0, 0.05) is 55.7 Å². The molecule has 2 unspecified atom stereocenters. The smallest absolute Gasteiger partial charge is 0.164 e. The highest BCUT2D eigenvalue weighted by Gasteiger charge is 2.43. The van der Waals surface area contributed by atoms with Crippen molar-refractivity contribution in [3.8, 4) is 45.3 Å². The van der Waals surface area contributed by atoms with E-state index >= 15 is 0 Å². The van der Waals surface area contributed by atoms with Crippen LogP contribution >= 0.6 is 0 Å². The molecule has 57 heavy (non-hydrogen) atoms. The first kappa shape index (κ1) is 31.7. The van der Waals surface area contributed by atoms with Gasteiger partial charge >= 0.3 is 0 Å². The summed E-state index contributed by atoms with van der Waals surface area (Å²) < 4.78 is 13.0. The van der Waals surface area contributed by atoms with Crippen LogP contribution in [-0.2, 0) is 0 Å². The summed E-state index contributed by atoms with van der Waals surface area (Å²) >= 11 is 0. The minimum atomic E-state index is 0.0289. The lowest BCUT2D eigenvalue weighted by Crippen LogP contribution is -2.30. The molecule has 1 aliphatic heterocycles. The zero-order valence-electron chi connectivity index (χ0n) is 30.6. The molecule has 2 aliphatic rings. The minimum Gasteiger partial charge on any atom is -0.456 e. The summed E-state index contributed by atoms with van der Waals surface area (Å²) in [5.41, 5.74) is 12.2. The summed E-state index contributed by atoms with van der Waals surface area (Å²) in [5, 5.41) is 3.02. The van der Waals surface area contributed by atoms with Crippen LogP contribution in [0.5, 0.6) is 0 Å². The summed E-state index contributed by atoms with van der Waals surface area (Å²) in [4.78, 5) is 18.3. The number of benzene rings is 7. The molecular formula is C51H32N4O2. The van der Waals surface area contributed by atoms with Crippen LogP contribution in [0.15, 0.2) is 185 Å². The summed E-state index contributed by atoms with van der Waals surface area (Å²) in [5.74, 6) is 2.64.